The Morgan fingerprint density at radius 1 is 1.25 bits per heavy atom. The SMILES string of the molecule is CSc1ccc(CN(C)C(=O)c2cc(-c3cccnc3)on2)cc1. The molecule has 0 saturated carbocycles. The lowest BCUT2D eigenvalue weighted by Gasteiger charge is -2.15. The maximum absolute atomic E-state index is 12.5. The van der Waals surface area contributed by atoms with Crippen molar-refractivity contribution in [2.24, 2.45) is 0 Å². The summed E-state index contributed by atoms with van der Waals surface area (Å²) in [6, 6.07) is 13.5. The van der Waals surface area contributed by atoms with Crippen LogP contribution in [0.25, 0.3) is 11.3 Å². The van der Waals surface area contributed by atoms with Crippen molar-refractivity contribution < 1.29 is 9.32 Å². The molecule has 122 valence electrons. The van der Waals surface area contributed by atoms with Crippen LogP contribution in [0.1, 0.15) is 16.1 Å². The van der Waals surface area contributed by atoms with Crippen molar-refractivity contribution in [2.45, 2.75) is 11.4 Å². The maximum Gasteiger partial charge on any atom is 0.276 e. The van der Waals surface area contributed by atoms with Crippen LogP contribution in [-0.4, -0.2) is 34.3 Å². The molecule has 0 N–H and O–H groups in total. The Balaban J connectivity index is 1.70. The van der Waals surface area contributed by atoms with Crippen LogP contribution in [0.15, 0.2) is 64.3 Å². The fraction of sp³-hybridized carbons (Fsp3) is 0.167. The first-order valence-corrected chi connectivity index (χ1v) is 8.65. The molecule has 0 aliphatic carbocycles. The molecule has 0 bridgehead atoms. The molecule has 0 unspecified atom stereocenters. The topological polar surface area (TPSA) is 59.2 Å². The Kier molecular flexibility index (Phi) is 4.96. The molecule has 24 heavy (non-hydrogen) atoms. The Hall–Kier alpha value is -2.60. The molecule has 0 aliphatic rings. The van der Waals surface area contributed by atoms with Gasteiger partial charge in [-0.1, -0.05) is 17.3 Å². The molecular weight excluding hydrogens is 322 g/mol. The minimum absolute atomic E-state index is 0.178. The van der Waals surface area contributed by atoms with E-state index < -0.39 is 0 Å². The van der Waals surface area contributed by atoms with Crippen molar-refractivity contribution in [3.8, 4) is 11.3 Å². The van der Waals surface area contributed by atoms with Crippen LogP contribution in [0.2, 0.25) is 0 Å². The van der Waals surface area contributed by atoms with E-state index in [0.29, 0.717) is 12.3 Å². The van der Waals surface area contributed by atoms with Crippen LogP contribution >= 0.6 is 11.8 Å². The van der Waals surface area contributed by atoms with E-state index >= 15 is 0 Å². The molecular formula is C18H17N3O2S. The Bertz CT molecular complexity index is 816. The summed E-state index contributed by atoms with van der Waals surface area (Å²) in [6.07, 6.45) is 5.39. The predicted octanol–water partition coefficient (Wildman–Crippen LogP) is 3.73. The van der Waals surface area contributed by atoms with Crippen molar-refractivity contribution in [1.29, 1.82) is 0 Å². The number of hydrogen-bond acceptors (Lipinski definition) is 5. The van der Waals surface area contributed by atoms with Crippen molar-refractivity contribution >= 4 is 17.7 Å². The standard InChI is InChI=1S/C18H17N3O2S/c1-21(12-13-5-7-15(24-2)8-6-13)18(22)16-10-17(23-20-16)14-4-3-9-19-11-14/h3-11H,12H2,1-2H3. The number of pyridine rings is 1. The second-order valence-corrected chi connectivity index (χ2v) is 6.21. The van der Waals surface area contributed by atoms with Crippen LogP contribution < -0.4 is 0 Å². The lowest BCUT2D eigenvalue weighted by atomic mass is 10.2. The number of thioether (sulfide) groups is 1. The molecule has 0 atom stereocenters. The minimum Gasteiger partial charge on any atom is -0.355 e. The summed E-state index contributed by atoms with van der Waals surface area (Å²) < 4.78 is 5.26. The summed E-state index contributed by atoms with van der Waals surface area (Å²) >= 11 is 1.69. The zero-order valence-electron chi connectivity index (χ0n) is 13.5. The molecule has 0 spiro atoms. The summed E-state index contributed by atoms with van der Waals surface area (Å²) in [5, 5.41) is 3.89. The largest absolute Gasteiger partial charge is 0.355 e. The first-order chi connectivity index (χ1) is 11.7. The first-order valence-electron chi connectivity index (χ1n) is 7.43. The molecule has 1 amide bonds. The molecule has 5 nitrogen and oxygen atoms in total. The average Bonchev–Trinajstić information content (AvgIpc) is 3.12. The number of rotatable bonds is 5. The zero-order chi connectivity index (χ0) is 16.9. The van der Waals surface area contributed by atoms with Crippen molar-refractivity contribution in [1.82, 2.24) is 15.0 Å². The molecule has 3 aromatic rings. The molecule has 3 rings (SSSR count). The molecule has 2 heterocycles. The first kappa shape index (κ1) is 16.3. The number of benzene rings is 1. The van der Waals surface area contributed by atoms with Gasteiger partial charge in [0.2, 0.25) is 0 Å². The van der Waals surface area contributed by atoms with Crippen LogP contribution in [0.4, 0.5) is 0 Å². The molecule has 1 aromatic carbocycles. The third-order valence-electron chi connectivity index (χ3n) is 3.60. The Morgan fingerprint density at radius 3 is 2.71 bits per heavy atom. The van der Waals surface area contributed by atoms with Crippen molar-refractivity contribution in [3.05, 3.63) is 66.1 Å². The van der Waals surface area contributed by atoms with Gasteiger partial charge in [0.25, 0.3) is 5.91 Å². The Morgan fingerprint density at radius 2 is 2.04 bits per heavy atom. The maximum atomic E-state index is 12.5. The number of carbonyl (C=O) groups is 1. The lowest BCUT2D eigenvalue weighted by molar-refractivity contribution is 0.0775. The van der Waals surface area contributed by atoms with Gasteiger partial charge in [-0.25, -0.2) is 0 Å². The third kappa shape index (κ3) is 3.65. The highest BCUT2D eigenvalue weighted by Crippen LogP contribution is 2.20. The van der Waals surface area contributed by atoms with E-state index in [1.807, 2.05) is 30.5 Å². The quantitative estimate of drug-likeness (QED) is 0.663. The van der Waals surface area contributed by atoms with Crippen LogP contribution in [0.3, 0.4) is 0 Å². The predicted molar refractivity (Wildman–Crippen MR) is 93.8 cm³/mol. The number of amides is 1. The van der Waals surface area contributed by atoms with Crippen LogP contribution in [-0.2, 0) is 6.54 Å². The number of carbonyl (C=O) groups excluding carboxylic acids is 1. The van der Waals surface area contributed by atoms with E-state index in [-0.39, 0.29) is 11.6 Å². The van der Waals surface area contributed by atoms with E-state index in [9.17, 15) is 4.79 Å². The molecule has 0 aliphatic heterocycles. The third-order valence-corrected chi connectivity index (χ3v) is 4.34. The van der Waals surface area contributed by atoms with Gasteiger partial charge in [0.15, 0.2) is 11.5 Å². The number of nitrogens with zero attached hydrogens (tertiary/aromatic N) is 3. The summed E-state index contributed by atoms with van der Waals surface area (Å²) in [5.74, 6) is 0.354. The number of hydrogen-bond donors (Lipinski definition) is 0. The normalized spacial score (nSPS) is 10.6. The average molecular weight is 339 g/mol. The highest BCUT2D eigenvalue weighted by molar-refractivity contribution is 7.98. The van der Waals surface area contributed by atoms with Gasteiger partial charge in [0.05, 0.1) is 0 Å². The van der Waals surface area contributed by atoms with Gasteiger partial charge in [0, 0.05) is 42.5 Å². The van der Waals surface area contributed by atoms with E-state index in [2.05, 4.69) is 22.3 Å². The summed E-state index contributed by atoms with van der Waals surface area (Å²) in [4.78, 5) is 19.4. The fourth-order valence-electron chi connectivity index (χ4n) is 2.29. The summed E-state index contributed by atoms with van der Waals surface area (Å²) in [7, 11) is 1.75. The molecule has 0 saturated heterocycles. The second-order valence-electron chi connectivity index (χ2n) is 5.33. The van der Waals surface area contributed by atoms with Gasteiger partial charge in [0.1, 0.15) is 0 Å². The Labute approximate surface area is 144 Å². The van der Waals surface area contributed by atoms with E-state index in [4.69, 9.17) is 4.52 Å². The van der Waals surface area contributed by atoms with E-state index in [0.717, 1.165) is 11.1 Å². The monoisotopic (exact) mass is 339 g/mol. The second kappa shape index (κ2) is 7.31. The molecule has 2 aromatic heterocycles. The molecule has 6 heteroatoms. The highest BCUT2D eigenvalue weighted by atomic mass is 32.2. The van der Waals surface area contributed by atoms with Gasteiger partial charge in [-0.05, 0) is 36.1 Å². The zero-order valence-corrected chi connectivity index (χ0v) is 14.3. The summed E-state index contributed by atoms with van der Waals surface area (Å²) in [5.41, 5.74) is 2.15. The fourth-order valence-corrected chi connectivity index (χ4v) is 2.70. The molecule has 0 fully saturated rings. The van der Waals surface area contributed by atoms with E-state index in [1.54, 1.807) is 42.2 Å². The number of aromatic nitrogens is 2. The van der Waals surface area contributed by atoms with Crippen LogP contribution in [0, 0.1) is 0 Å². The summed E-state index contributed by atoms with van der Waals surface area (Å²) in [6.45, 7) is 0.516. The van der Waals surface area contributed by atoms with Crippen LogP contribution in [0.5, 0.6) is 0 Å². The lowest BCUT2D eigenvalue weighted by Crippen LogP contribution is -2.26. The van der Waals surface area contributed by atoms with Crippen molar-refractivity contribution in [3.63, 3.8) is 0 Å². The van der Waals surface area contributed by atoms with Gasteiger partial charge in [-0.3, -0.25) is 9.78 Å². The van der Waals surface area contributed by atoms with Gasteiger partial charge in [-0.2, -0.15) is 0 Å². The van der Waals surface area contributed by atoms with Crippen molar-refractivity contribution in [2.75, 3.05) is 13.3 Å². The highest BCUT2D eigenvalue weighted by Gasteiger charge is 2.18. The van der Waals surface area contributed by atoms with Gasteiger partial charge < -0.3 is 9.42 Å². The van der Waals surface area contributed by atoms with Gasteiger partial charge >= 0.3 is 0 Å². The minimum atomic E-state index is -0.178. The van der Waals surface area contributed by atoms with Gasteiger partial charge in [-0.15, -0.1) is 11.8 Å². The smallest absolute Gasteiger partial charge is 0.276 e. The molecule has 0 radical (unpaired) electrons. The van der Waals surface area contributed by atoms with E-state index in [1.165, 1.54) is 4.90 Å².